The van der Waals surface area contributed by atoms with Crippen molar-refractivity contribution in [1.82, 2.24) is 25.4 Å². The van der Waals surface area contributed by atoms with Gasteiger partial charge < -0.3 is 10.1 Å². The van der Waals surface area contributed by atoms with Crippen molar-refractivity contribution < 1.29 is 22.3 Å². The van der Waals surface area contributed by atoms with Crippen molar-refractivity contribution in [2.45, 2.75) is 49.8 Å². The van der Waals surface area contributed by atoms with E-state index in [1.54, 1.807) is 17.8 Å². The second-order valence-electron chi connectivity index (χ2n) is 8.73. The van der Waals surface area contributed by atoms with Crippen molar-refractivity contribution in [3.63, 3.8) is 0 Å². The Hall–Kier alpha value is -3.54. The molecule has 3 aromatic heterocycles. The maximum atomic E-state index is 14.5. The fraction of sp³-hybridized carbons (Fsp3) is 0.333. The van der Waals surface area contributed by atoms with Crippen LogP contribution in [0.1, 0.15) is 41.9 Å². The minimum atomic E-state index is -4.78. The van der Waals surface area contributed by atoms with Crippen LogP contribution in [-0.2, 0) is 18.0 Å². The van der Waals surface area contributed by atoms with Crippen LogP contribution in [0.3, 0.4) is 0 Å². The highest BCUT2D eigenvalue weighted by molar-refractivity contribution is 7.09. The number of aromatic nitrogens is 5. The molecule has 5 rings (SSSR count). The highest BCUT2D eigenvalue weighted by atomic mass is 32.1. The highest BCUT2D eigenvalue weighted by Crippen LogP contribution is 2.44. The summed E-state index contributed by atoms with van der Waals surface area (Å²) in [6.07, 6.45) is -0.536. The van der Waals surface area contributed by atoms with Crippen molar-refractivity contribution in [3.05, 3.63) is 76.3 Å². The molecule has 0 saturated heterocycles. The molecule has 0 aliphatic heterocycles. The lowest BCUT2D eigenvalue weighted by Gasteiger charge is -2.38. The van der Waals surface area contributed by atoms with Crippen molar-refractivity contribution in [3.8, 4) is 5.75 Å². The monoisotopic (exact) mass is 518 g/mol. The predicted octanol–water partition coefficient (Wildman–Crippen LogP) is 6.06. The lowest BCUT2D eigenvalue weighted by molar-refractivity contribution is -0.140. The number of aromatic amines is 1. The van der Waals surface area contributed by atoms with Gasteiger partial charge in [0.25, 0.3) is 0 Å². The summed E-state index contributed by atoms with van der Waals surface area (Å²) in [7, 11) is 0. The first-order valence-corrected chi connectivity index (χ1v) is 12.2. The third kappa shape index (κ3) is 5.18. The smallest absolute Gasteiger partial charge is 0.419 e. The molecular formula is C24H22F4N6OS. The number of halogens is 4. The standard InChI is InChI=1S/C24H22F4N6OS/c25-21-17(24(26,27)28)4-2-5-18(21)35-16-7-10-23(11-8-16,22-34-30-14-36-22)13-15-3-1-6-19(31-15)32-20-9-12-29-33-20/h1-6,9,12,14,16H,7-8,10-11,13H2,(H2,29,31,32,33)/t16-,23+. The van der Waals surface area contributed by atoms with Gasteiger partial charge in [-0.25, -0.2) is 9.37 Å². The number of nitrogens with zero attached hydrogens (tertiary/aromatic N) is 4. The van der Waals surface area contributed by atoms with Crippen LogP contribution in [0.5, 0.6) is 5.75 Å². The third-order valence-corrected chi connectivity index (χ3v) is 7.29. The first-order valence-electron chi connectivity index (χ1n) is 11.3. The number of hydrogen-bond donors (Lipinski definition) is 2. The Labute approximate surface area is 208 Å². The van der Waals surface area contributed by atoms with Crippen LogP contribution in [0, 0.1) is 5.82 Å². The molecule has 0 radical (unpaired) electrons. The minimum Gasteiger partial charge on any atom is -0.487 e. The van der Waals surface area contributed by atoms with E-state index in [0.717, 1.165) is 16.8 Å². The molecule has 1 aromatic carbocycles. The van der Waals surface area contributed by atoms with Crippen LogP contribution < -0.4 is 10.1 Å². The largest absolute Gasteiger partial charge is 0.487 e. The van der Waals surface area contributed by atoms with Crippen LogP contribution >= 0.6 is 11.3 Å². The van der Waals surface area contributed by atoms with Crippen LogP contribution in [0.4, 0.5) is 29.2 Å². The Morgan fingerprint density at radius 1 is 1.08 bits per heavy atom. The zero-order valence-electron chi connectivity index (χ0n) is 18.9. The maximum Gasteiger partial charge on any atom is 0.419 e. The Balaban J connectivity index is 1.32. The SMILES string of the molecule is Fc1c(O[C@H]2CC[C@@](Cc3cccc(Nc4cc[nH]n4)n3)(c3nncs3)CC2)cccc1C(F)(F)F. The van der Waals surface area contributed by atoms with Gasteiger partial charge in [0.2, 0.25) is 0 Å². The summed E-state index contributed by atoms with van der Waals surface area (Å²) in [5.41, 5.74) is 0.855. The van der Waals surface area contributed by atoms with Gasteiger partial charge >= 0.3 is 6.18 Å². The summed E-state index contributed by atoms with van der Waals surface area (Å²) in [5.74, 6) is -0.449. The Bertz CT molecular complexity index is 1290. The molecule has 0 unspecified atom stereocenters. The van der Waals surface area contributed by atoms with Gasteiger partial charge in [0.15, 0.2) is 17.4 Å². The summed E-state index contributed by atoms with van der Waals surface area (Å²) in [6.45, 7) is 0. The summed E-state index contributed by atoms with van der Waals surface area (Å²) in [5, 5.41) is 19.2. The molecule has 12 heteroatoms. The zero-order valence-corrected chi connectivity index (χ0v) is 19.7. The van der Waals surface area contributed by atoms with E-state index < -0.39 is 23.7 Å². The van der Waals surface area contributed by atoms with Crippen molar-refractivity contribution in [2.24, 2.45) is 0 Å². The van der Waals surface area contributed by atoms with E-state index in [-0.39, 0.29) is 11.2 Å². The Morgan fingerprint density at radius 3 is 2.58 bits per heavy atom. The number of pyridine rings is 1. The molecule has 1 fully saturated rings. The van der Waals surface area contributed by atoms with E-state index in [4.69, 9.17) is 9.72 Å². The predicted molar refractivity (Wildman–Crippen MR) is 126 cm³/mol. The number of rotatable bonds is 7. The summed E-state index contributed by atoms with van der Waals surface area (Å²) >= 11 is 1.46. The molecule has 0 spiro atoms. The van der Waals surface area contributed by atoms with Gasteiger partial charge in [-0.2, -0.15) is 18.3 Å². The number of anilines is 2. The van der Waals surface area contributed by atoms with Crippen molar-refractivity contribution in [2.75, 3.05) is 5.32 Å². The normalized spacial score (nSPS) is 20.3. The first-order chi connectivity index (χ1) is 17.3. The van der Waals surface area contributed by atoms with E-state index in [1.807, 2.05) is 18.2 Å². The lowest BCUT2D eigenvalue weighted by Crippen LogP contribution is -2.38. The number of benzene rings is 1. The summed E-state index contributed by atoms with van der Waals surface area (Å²) in [6, 6.07) is 10.6. The molecule has 0 amide bonds. The van der Waals surface area contributed by atoms with Gasteiger partial charge in [-0.05, 0) is 49.9 Å². The molecule has 1 aliphatic rings. The molecule has 1 aliphatic carbocycles. The van der Waals surface area contributed by atoms with Crippen LogP contribution in [0.2, 0.25) is 0 Å². The molecule has 188 valence electrons. The number of alkyl halides is 3. The minimum absolute atomic E-state index is 0.356. The zero-order chi connectivity index (χ0) is 25.2. The Morgan fingerprint density at radius 2 is 1.89 bits per heavy atom. The summed E-state index contributed by atoms with van der Waals surface area (Å²) < 4.78 is 59.4. The average Bonchev–Trinajstić information content (AvgIpc) is 3.56. The average molecular weight is 519 g/mol. The number of hydrogen-bond acceptors (Lipinski definition) is 7. The number of ether oxygens (including phenoxy) is 1. The molecule has 1 saturated carbocycles. The van der Waals surface area contributed by atoms with Gasteiger partial charge in [0, 0.05) is 29.8 Å². The molecule has 0 bridgehead atoms. The second-order valence-corrected chi connectivity index (χ2v) is 9.57. The van der Waals surface area contributed by atoms with Crippen LogP contribution in [-0.4, -0.2) is 31.5 Å². The van der Waals surface area contributed by atoms with Gasteiger partial charge in [0.05, 0.1) is 11.7 Å². The maximum absolute atomic E-state index is 14.5. The van der Waals surface area contributed by atoms with Crippen LogP contribution in [0.25, 0.3) is 0 Å². The lowest BCUT2D eigenvalue weighted by atomic mass is 9.70. The number of H-pyrrole nitrogens is 1. The molecule has 3 heterocycles. The van der Waals surface area contributed by atoms with E-state index >= 15 is 0 Å². The van der Waals surface area contributed by atoms with E-state index in [0.29, 0.717) is 49.8 Å². The fourth-order valence-corrected chi connectivity index (χ4v) is 5.40. The van der Waals surface area contributed by atoms with Gasteiger partial charge in [-0.3, -0.25) is 5.10 Å². The molecular weight excluding hydrogens is 496 g/mol. The quantitative estimate of drug-likeness (QED) is 0.289. The van der Waals surface area contributed by atoms with Gasteiger partial charge in [-0.1, -0.05) is 12.1 Å². The van der Waals surface area contributed by atoms with Crippen LogP contribution in [0.15, 0.2) is 54.2 Å². The second kappa shape index (κ2) is 9.84. The molecule has 36 heavy (non-hydrogen) atoms. The van der Waals surface area contributed by atoms with Gasteiger partial charge in [-0.15, -0.1) is 21.5 Å². The molecule has 2 N–H and O–H groups in total. The third-order valence-electron chi connectivity index (χ3n) is 6.35. The van der Waals surface area contributed by atoms with E-state index in [2.05, 4.69) is 25.7 Å². The van der Waals surface area contributed by atoms with E-state index in [9.17, 15) is 17.6 Å². The first kappa shape index (κ1) is 24.2. The van der Waals surface area contributed by atoms with Crippen molar-refractivity contribution in [1.29, 1.82) is 0 Å². The Kier molecular flexibility index (Phi) is 6.61. The highest BCUT2D eigenvalue weighted by Gasteiger charge is 2.41. The van der Waals surface area contributed by atoms with E-state index in [1.165, 1.54) is 17.4 Å². The molecule has 0 atom stereocenters. The topological polar surface area (TPSA) is 88.6 Å². The number of nitrogens with one attached hydrogen (secondary N) is 2. The molecule has 7 nitrogen and oxygen atoms in total. The summed E-state index contributed by atoms with van der Waals surface area (Å²) in [4.78, 5) is 4.73. The van der Waals surface area contributed by atoms with Gasteiger partial charge in [0.1, 0.15) is 16.3 Å². The fourth-order valence-electron chi connectivity index (χ4n) is 4.59. The molecule has 4 aromatic rings. The van der Waals surface area contributed by atoms with Crippen molar-refractivity contribution >= 4 is 23.0 Å².